The van der Waals surface area contributed by atoms with Crippen molar-refractivity contribution < 1.29 is 19.5 Å². The summed E-state index contributed by atoms with van der Waals surface area (Å²) in [6, 6.07) is 11.0. The lowest BCUT2D eigenvalue weighted by molar-refractivity contribution is -0.146. The summed E-state index contributed by atoms with van der Waals surface area (Å²) in [6.07, 6.45) is 6.18. The second kappa shape index (κ2) is 6.24. The van der Waals surface area contributed by atoms with E-state index < -0.39 is 5.97 Å². The van der Waals surface area contributed by atoms with E-state index in [4.69, 9.17) is 9.94 Å². The van der Waals surface area contributed by atoms with E-state index in [0.29, 0.717) is 17.5 Å². The zero-order chi connectivity index (χ0) is 17.4. The molecule has 0 aliphatic heterocycles. The lowest BCUT2D eigenvalue weighted by Crippen LogP contribution is -2.23. The predicted molar refractivity (Wildman–Crippen MR) is 93.8 cm³/mol. The first-order chi connectivity index (χ1) is 12.1. The largest absolute Gasteiger partial charge is 0.481 e. The number of benzene rings is 2. The highest BCUT2D eigenvalue weighted by Gasteiger charge is 2.41. The van der Waals surface area contributed by atoms with Crippen LogP contribution in [0.15, 0.2) is 48.6 Å². The van der Waals surface area contributed by atoms with E-state index in [9.17, 15) is 9.59 Å². The number of anilines is 1. The quantitative estimate of drug-likeness (QED) is 0.644. The molecule has 2 bridgehead atoms. The predicted octanol–water partition coefficient (Wildman–Crippen LogP) is 3.55. The third-order valence-corrected chi connectivity index (χ3v) is 5.20. The Balaban J connectivity index is 1.53. The monoisotopic (exact) mass is 337 g/mol. The molecule has 2 aliphatic carbocycles. The third-order valence-electron chi connectivity index (χ3n) is 5.20. The van der Waals surface area contributed by atoms with Gasteiger partial charge in [-0.2, -0.15) is 0 Å². The van der Waals surface area contributed by atoms with Gasteiger partial charge >= 0.3 is 11.9 Å². The van der Waals surface area contributed by atoms with Gasteiger partial charge in [0.05, 0.1) is 18.0 Å². The number of allylic oxidation sites excluding steroid dienone is 2. The first kappa shape index (κ1) is 15.7. The zero-order valence-electron chi connectivity index (χ0n) is 13.6. The molecule has 0 saturated heterocycles. The van der Waals surface area contributed by atoms with Crippen molar-refractivity contribution in [1.29, 1.82) is 0 Å². The molecule has 5 nitrogen and oxygen atoms in total. The highest BCUT2D eigenvalue weighted by molar-refractivity contribution is 5.97. The van der Waals surface area contributed by atoms with E-state index in [1.807, 2.05) is 24.3 Å². The minimum Gasteiger partial charge on any atom is -0.481 e. The van der Waals surface area contributed by atoms with Gasteiger partial charge in [0.15, 0.2) is 0 Å². The Morgan fingerprint density at radius 3 is 2.56 bits per heavy atom. The fourth-order valence-corrected chi connectivity index (χ4v) is 4.00. The standard InChI is InChI=1S/C20H19NO4/c22-19(23)11-14-7-8-18(16-4-2-1-3-15(14)16)21-25-20(24)17-10-12-5-6-13(17)9-12/h1-8,12-13,17,21H,9-11H2,(H,22,23). The number of rotatable bonds is 5. The number of nitrogens with one attached hydrogen (secondary N) is 1. The minimum absolute atomic E-state index is 0.0436. The van der Waals surface area contributed by atoms with Crippen LogP contribution >= 0.6 is 0 Å². The Morgan fingerprint density at radius 2 is 1.88 bits per heavy atom. The number of carbonyl (C=O) groups excluding carboxylic acids is 1. The fourth-order valence-electron chi connectivity index (χ4n) is 4.00. The Kier molecular flexibility index (Phi) is 3.92. The average molecular weight is 337 g/mol. The average Bonchev–Trinajstić information content (AvgIpc) is 3.24. The molecule has 128 valence electrons. The van der Waals surface area contributed by atoms with Gasteiger partial charge in [0.1, 0.15) is 0 Å². The summed E-state index contributed by atoms with van der Waals surface area (Å²) in [4.78, 5) is 28.7. The summed E-state index contributed by atoms with van der Waals surface area (Å²) in [7, 11) is 0. The Morgan fingerprint density at radius 1 is 1.08 bits per heavy atom. The lowest BCUT2D eigenvalue weighted by Gasteiger charge is -2.17. The van der Waals surface area contributed by atoms with Crippen molar-refractivity contribution in [2.75, 3.05) is 5.48 Å². The van der Waals surface area contributed by atoms with Crippen LogP contribution < -0.4 is 5.48 Å². The maximum atomic E-state index is 12.4. The molecule has 3 unspecified atom stereocenters. The van der Waals surface area contributed by atoms with Gasteiger partial charge in [-0.15, -0.1) is 0 Å². The van der Waals surface area contributed by atoms with Crippen LogP contribution in [-0.2, 0) is 20.8 Å². The highest BCUT2D eigenvalue weighted by Crippen LogP contribution is 2.43. The number of hydrogen-bond donors (Lipinski definition) is 2. The number of aliphatic carboxylic acids is 1. The van der Waals surface area contributed by atoms with Gasteiger partial charge in [0, 0.05) is 5.39 Å². The van der Waals surface area contributed by atoms with Gasteiger partial charge in [0.2, 0.25) is 0 Å². The van der Waals surface area contributed by atoms with Crippen LogP contribution in [0.1, 0.15) is 18.4 Å². The van der Waals surface area contributed by atoms with E-state index in [-0.39, 0.29) is 18.3 Å². The van der Waals surface area contributed by atoms with Gasteiger partial charge in [-0.25, -0.2) is 10.3 Å². The van der Waals surface area contributed by atoms with Crippen molar-refractivity contribution in [3.63, 3.8) is 0 Å². The van der Waals surface area contributed by atoms with Crippen molar-refractivity contribution in [1.82, 2.24) is 0 Å². The van der Waals surface area contributed by atoms with E-state index in [1.165, 1.54) is 0 Å². The summed E-state index contributed by atoms with van der Waals surface area (Å²) >= 11 is 0. The summed E-state index contributed by atoms with van der Waals surface area (Å²) < 4.78 is 0. The van der Waals surface area contributed by atoms with Gasteiger partial charge < -0.3 is 9.94 Å². The number of carboxylic acids is 1. The summed E-state index contributed by atoms with van der Waals surface area (Å²) in [5.41, 5.74) is 4.18. The molecule has 3 atom stereocenters. The topological polar surface area (TPSA) is 75.6 Å². The Hall–Kier alpha value is -2.82. The minimum atomic E-state index is -0.873. The molecular formula is C20H19NO4. The summed E-state index contributed by atoms with van der Waals surface area (Å²) in [6.45, 7) is 0. The summed E-state index contributed by atoms with van der Waals surface area (Å²) in [5.74, 6) is -0.357. The van der Waals surface area contributed by atoms with E-state index in [2.05, 4.69) is 17.6 Å². The van der Waals surface area contributed by atoms with Crippen LogP contribution in [0.5, 0.6) is 0 Å². The van der Waals surface area contributed by atoms with Crippen molar-refractivity contribution >= 4 is 28.4 Å². The second-order valence-electron chi connectivity index (χ2n) is 6.80. The van der Waals surface area contributed by atoms with E-state index in [0.717, 1.165) is 29.2 Å². The SMILES string of the molecule is O=C(O)Cc1ccc(NOC(=O)C2CC3C=CC2C3)c2ccccc12. The molecule has 1 fully saturated rings. The van der Waals surface area contributed by atoms with Gasteiger partial charge in [0.25, 0.3) is 0 Å². The fraction of sp³-hybridized carbons (Fsp3) is 0.300. The van der Waals surface area contributed by atoms with Gasteiger partial charge in [-0.3, -0.25) is 4.79 Å². The van der Waals surface area contributed by atoms with Crippen LogP contribution in [0.4, 0.5) is 5.69 Å². The molecule has 0 amide bonds. The van der Waals surface area contributed by atoms with Crippen molar-refractivity contribution in [3.05, 3.63) is 54.1 Å². The maximum absolute atomic E-state index is 12.4. The highest BCUT2D eigenvalue weighted by atomic mass is 16.7. The zero-order valence-corrected chi connectivity index (χ0v) is 13.6. The smallest absolute Gasteiger partial charge is 0.335 e. The molecule has 0 heterocycles. The number of carbonyl (C=O) groups is 2. The van der Waals surface area contributed by atoms with Gasteiger partial charge in [-0.1, -0.05) is 42.5 Å². The molecule has 4 rings (SSSR count). The Bertz CT molecular complexity index is 873. The van der Waals surface area contributed by atoms with Crippen LogP contribution in [-0.4, -0.2) is 17.0 Å². The van der Waals surface area contributed by atoms with Crippen molar-refractivity contribution in [2.24, 2.45) is 17.8 Å². The lowest BCUT2D eigenvalue weighted by atomic mass is 9.94. The van der Waals surface area contributed by atoms with Crippen LogP contribution in [0.2, 0.25) is 0 Å². The molecule has 25 heavy (non-hydrogen) atoms. The van der Waals surface area contributed by atoms with Crippen LogP contribution in [0.3, 0.4) is 0 Å². The van der Waals surface area contributed by atoms with Crippen LogP contribution in [0, 0.1) is 17.8 Å². The molecular weight excluding hydrogens is 318 g/mol. The molecule has 0 radical (unpaired) electrons. The molecule has 0 spiro atoms. The first-order valence-electron chi connectivity index (χ1n) is 8.49. The molecule has 2 aliphatic rings. The number of fused-ring (bicyclic) bond motifs is 3. The second-order valence-corrected chi connectivity index (χ2v) is 6.80. The van der Waals surface area contributed by atoms with E-state index in [1.54, 1.807) is 12.1 Å². The molecule has 2 aromatic rings. The Labute approximate surface area is 145 Å². The number of carboxylic acid groups (broad SMARTS) is 1. The van der Waals surface area contributed by atoms with E-state index >= 15 is 0 Å². The van der Waals surface area contributed by atoms with Gasteiger partial charge in [-0.05, 0) is 41.7 Å². The normalized spacial score (nSPS) is 23.8. The molecule has 0 aromatic heterocycles. The van der Waals surface area contributed by atoms with Crippen molar-refractivity contribution in [3.8, 4) is 0 Å². The molecule has 2 aromatic carbocycles. The first-order valence-corrected chi connectivity index (χ1v) is 8.49. The maximum Gasteiger partial charge on any atom is 0.335 e. The number of hydrogen-bond acceptors (Lipinski definition) is 4. The van der Waals surface area contributed by atoms with Crippen LogP contribution in [0.25, 0.3) is 10.8 Å². The molecule has 5 heteroatoms. The molecule has 1 saturated carbocycles. The third kappa shape index (κ3) is 2.97. The summed E-state index contributed by atoms with van der Waals surface area (Å²) in [5, 5.41) is 10.7. The molecule has 2 N–H and O–H groups in total. The van der Waals surface area contributed by atoms with Crippen molar-refractivity contribution in [2.45, 2.75) is 19.3 Å².